The van der Waals surface area contributed by atoms with Gasteiger partial charge in [-0.3, -0.25) is 4.79 Å². The van der Waals surface area contributed by atoms with Gasteiger partial charge < -0.3 is 14.8 Å². The summed E-state index contributed by atoms with van der Waals surface area (Å²) < 4.78 is 11.9. The van der Waals surface area contributed by atoms with E-state index in [1.54, 1.807) is 0 Å². The maximum absolute atomic E-state index is 11.5. The van der Waals surface area contributed by atoms with Crippen molar-refractivity contribution in [2.45, 2.75) is 38.3 Å². The number of halogens is 2. The number of benzene rings is 1. The number of hydrogen-bond acceptors (Lipinski definition) is 4. The number of rotatable bonds is 5. The lowest BCUT2D eigenvalue weighted by atomic mass is 10.1. The van der Waals surface area contributed by atoms with E-state index in [2.05, 4.69) is 34.2 Å². The van der Waals surface area contributed by atoms with Gasteiger partial charge in [0, 0.05) is 17.4 Å². The van der Waals surface area contributed by atoms with Gasteiger partial charge in [-0.2, -0.15) is 0 Å². The number of nitrogens with one attached hydrogen (secondary N) is 1. The fourth-order valence-electron chi connectivity index (χ4n) is 2.42. The Morgan fingerprint density at radius 3 is 2.90 bits per heavy atom. The van der Waals surface area contributed by atoms with Crippen LogP contribution in [0.25, 0.3) is 0 Å². The van der Waals surface area contributed by atoms with Crippen molar-refractivity contribution in [2.75, 3.05) is 13.7 Å². The highest BCUT2D eigenvalue weighted by molar-refractivity contribution is 9.10. The molecular weight excluding hydrogens is 358 g/mol. The molecule has 0 amide bonds. The van der Waals surface area contributed by atoms with Crippen LogP contribution in [0.3, 0.4) is 0 Å². The smallest absolute Gasteiger partial charge is 0.323 e. The molecule has 1 fully saturated rings. The van der Waals surface area contributed by atoms with Crippen molar-refractivity contribution in [1.29, 1.82) is 0 Å². The molecule has 0 bridgehead atoms. The zero-order valence-corrected chi connectivity index (χ0v) is 14.6. The van der Waals surface area contributed by atoms with Gasteiger partial charge in [-0.1, -0.05) is 29.3 Å². The Bertz CT molecular complexity index is 484. The molecule has 1 aromatic rings. The maximum Gasteiger partial charge on any atom is 0.323 e. The molecule has 0 radical (unpaired) electrons. The lowest BCUT2D eigenvalue weighted by Gasteiger charge is -2.16. The number of carbonyl (C=O) groups excluding carboxylic acids is 1. The van der Waals surface area contributed by atoms with Crippen LogP contribution in [0.2, 0.25) is 0 Å². The van der Waals surface area contributed by atoms with Crippen LogP contribution in [-0.4, -0.2) is 31.8 Å². The lowest BCUT2D eigenvalue weighted by Crippen LogP contribution is -2.31. The molecule has 0 spiro atoms. The van der Waals surface area contributed by atoms with E-state index in [9.17, 15) is 4.79 Å². The van der Waals surface area contributed by atoms with Crippen molar-refractivity contribution in [3.8, 4) is 5.75 Å². The van der Waals surface area contributed by atoms with E-state index in [-0.39, 0.29) is 30.5 Å². The van der Waals surface area contributed by atoms with Crippen LogP contribution < -0.4 is 10.1 Å². The van der Waals surface area contributed by atoms with Crippen LogP contribution in [-0.2, 0) is 16.0 Å². The lowest BCUT2D eigenvalue weighted by molar-refractivity contribution is -0.142. The normalized spacial score (nSPS) is 20.7. The third kappa shape index (κ3) is 4.87. The summed E-state index contributed by atoms with van der Waals surface area (Å²) in [6.07, 6.45) is 2.71. The monoisotopic (exact) mass is 377 g/mol. The van der Waals surface area contributed by atoms with Gasteiger partial charge in [-0.05, 0) is 30.2 Å². The number of methoxy groups -OCH3 is 1. The minimum atomic E-state index is -0.255. The van der Waals surface area contributed by atoms with Crippen molar-refractivity contribution in [3.05, 3.63) is 28.2 Å². The topological polar surface area (TPSA) is 47.6 Å². The third-order valence-electron chi connectivity index (χ3n) is 3.41. The number of carbonyl (C=O) groups is 1. The maximum atomic E-state index is 11.5. The molecule has 1 N–H and O–H groups in total. The molecule has 4 nitrogen and oxygen atoms in total. The SMILES string of the molecule is CCCc1cc(Br)ccc1O[C@H]1CN[C@H](C(=O)OC)C1.Cl. The first-order chi connectivity index (χ1) is 9.63. The zero-order chi connectivity index (χ0) is 14.5. The summed E-state index contributed by atoms with van der Waals surface area (Å²) in [5.41, 5.74) is 1.20. The van der Waals surface area contributed by atoms with E-state index < -0.39 is 0 Å². The van der Waals surface area contributed by atoms with E-state index in [4.69, 9.17) is 9.47 Å². The van der Waals surface area contributed by atoms with Crippen molar-refractivity contribution in [2.24, 2.45) is 0 Å². The van der Waals surface area contributed by atoms with Crippen molar-refractivity contribution in [1.82, 2.24) is 5.32 Å². The Kier molecular flexibility index (Phi) is 7.49. The Balaban J connectivity index is 0.00000220. The summed E-state index contributed by atoms with van der Waals surface area (Å²) in [5.74, 6) is 0.688. The minimum absolute atomic E-state index is 0. The van der Waals surface area contributed by atoms with Crippen LogP contribution in [0.1, 0.15) is 25.3 Å². The third-order valence-corrected chi connectivity index (χ3v) is 3.90. The molecule has 118 valence electrons. The van der Waals surface area contributed by atoms with E-state index in [0.29, 0.717) is 13.0 Å². The van der Waals surface area contributed by atoms with E-state index in [1.807, 2.05) is 12.1 Å². The van der Waals surface area contributed by atoms with E-state index in [1.165, 1.54) is 12.7 Å². The predicted octanol–water partition coefficient (Wildman–Crippen LogP) is 3.11. The molecule has 2 rings (SSSR count). The highest BCUT2D eigenvalue weighted by Gasteiger charge is 2.31. The largest absolute Gasteiger partial charge is 0.489 e. The predicted molar refractivity (Wildman–Crippen MR) is 88.2 cm³/mol. The number of hydrogen-bond donors (Lipinski definition) is 1. The Hall–Kier alpha value is -0.780. The molecule has 6 heteroatoms. The van der Waals surface area contributed by atoms with E-state index in [0.717, 1.165) is 23.1 Å². The second-order valence-corrected chi connectivity index (χ2v) is 5.88. The van der Waals surface area contributed by atoms with Gasteiger partial charge in [-0.15, -0.1) is 12.4 Å². The Labute approximate surface area is 140 Å². The van der Waals surface area contributed by atoms with Crippen LogP contribution in [0, 0.1) is 0 Å². The summed E-state index contributed by atoms with van der Waals surface area (Å²) >= 11 is 3.49. The molecule has 1 aromatic carbocycles. The zero-order valence-electron chi connectivity index (χ0n) is 12.2. The average molecular weight is 379 g/mol. The first-order valence-electron chi connectivity index (χ1n) is 6.90. The van der Waals surface area contributed by atoms with Crippen LogP contribution in [0.4, 0.5) is 0 Å². The second kappa shape index (κ2) is 8.61. The van der Waals surface area contributed by atoms with Crippen molar-refractivity contribution in [3.63, 3.8) is 0 Å². The number of esters is 1. The van der Waals surface area contributed by atoms with Crippen LogP contribution >= 0.6 is 28.3 Å². The van der Waals surface area contributed by atoms with Gasteiger partial charge >= 0.3 is 5.97 Å². The van der Waals surface area contributed by atoms with E-state index >= 15 is 0 Å². The van der Waals surface area contributed by atoms with Gasteiger partial charge in [0.15, 0.2) is 0 Å². The molecule has 0 saturated carbocycles. The molecular formula is C15H21BrClNO3. The Morgan fingerprint density at radius 1 is 1.48 bits per heavy atom. The van der Waals surface area contributed by atoms with Crippen LogP contribution in [0.5, 0.6) is 5.75 Å². The molecule has 1 heterocycles. The quantitative estimate of drug-likeness (QED) is 0.800. The second-order valence-electron chi connectivity index (χ2n) is 4.96. The van der Waals surface area contributed by atoms with Crippen LogP contribution in [0.15, 0.2) is 22.7 Å². The first kappa shape index (κ1) is 18.3. The van der Waals surface area contributed by atoms with Gasteiger partial charge in [0.2, 0.25) is 0 Å². The fraction of sp³-hybridized carbons (Fsp3) is 0.533. The first-order valence-corrected chi connectivity index (χ1v) is 7.69. The average Bonchev–Trinajstić information content (AvgIpc) is 2.90. The molecule has 21 heavy (non-hydrogen) atoms. The molecule has 2 atom stereocenters. The number of aryl methyl sites for hydroxylation is 1. The number of ether oxygens (including phenoxy) is 2. The molecule has 1 saturated heterocycles. The summed E-state index contributed by atoms with van der Waals surface area (Å²) in [6.45, 7) is 2.82. The summed E-state index contributed by atoms with van der Waals surface area (Å²) in [5, 5.41) is 3.13. The molecule has 1 aliphatic heterocycles. The van der Waals surface area contributed by atoms with Crippen molar-refractivity contribution >= 4 is 34.3 Å². The molecule has 1 aliphatic rings. The summed E-state index contributed by atoms with van der Waals surface area (Å²) in [4.78, 5) is 11.5. The molecule has 0 unspecified atom stereocenters. The van der Waals surface area contributed by atoms with Gasteiger partial charge in [0.05, 0.1) is 7.11 Å². The molecule has 0 aliphatic carbocycles. The Morgan fingerprint density at radius 2 is 2.24 bits per heavy atom. The summed E-state index contributed by atoms with van der Waals surface area (Å²) in [6, 6.07) is 5.81. The van der Waals surface area contributed by atoms with Gasteiger partial charge in [0.25, 0.3) is 0 Å². The highest BCUT2D eigenvalue weighted by Crippen LogP contribution is 2.27. The van der Waals surface area contributed by atoms with Gasteiger partial charge in [0.1, 0.15) is 17.9 Å². The molecule has 0 aromatic heterocycles. The summed E-state index contributed by atoms with van der Waals surface area (Å²) in [7, 11) is 1.41. The standard InChI is InChI=1S/C15H20BrNO3.ClH/c1-3-4-10-7-11(16)5-6-14(10)20-12-8-13(17-9-12)15(18)19-2;/h5-7,12-13,17H,3-4,8-9H2,1-2H3;1H/t12-,13+;/m1./s1. The van der Waals surface area contributed by atoms with Crippen molar-refractivity contribution < 1.29 is 14.3 Å². The highest BCUT2D eigenvalue weighted by atomic mass is 79.9. The van der Waals surface area contributed by atoms with Gasteiger partial charge in [-0.25, -0.2) is 0 Å². The fourth-order valence-corrected chi connectivity index (χ4v) is 2.83. The minimum Gasteiger partial charge on any atom is -0.489 e.